The lowest BCUT2D eigenvalue weighted by atomic mass is 10.0. The molecule has 1 aliphatic heterocycles. The molecule has 0 aliphatic carbocycles. The lowest BCUT2D eigenvalue weighted by Gasteiger charge is -2.23. The van der Waals surface area contributed by atoms with Crippen LogP contribution in [0.1, 0.15) is 29.6 Å². The Hall–Kier alpha value is -2.12. The zero-order valence-corrected chi connectivity index (χ0v) is 13.7. The summed E-state index contributed by atoms with van der Waals surface area (Å²) in [4.78, 5) is 16.4. The molecule has 3 rings (SSSR count). The predicted molar refractivity (Wildman–Crippen MR) is 86.5 cm³/mol. The van der Waals surface area contributed by atoms with Gasteiger partial charge in [0.1, 0.15) is 10.7 Å². The lowest BCUT2D eigenvalue weighted by molar-refractivity contribution is 0.0961. The molecule has 0 amide bonds. The third-order valence-corrected chi connectivity index (χ3v) is 6.09. The number of sulfonamides is 1. The molecule has 5 nitrogen and oxygen atoms in total. The zero-order chi connectivity index (χ0) is 17.2. The Labute approximate surface area is 140 Å². The number of ketones is 1. The van der Waals surface area contributed by atoms with Crippen molar-refractivity contribution in [3.63, 3.8) is 0 Å². The molecule has 1 aromatic heterocycles. The molecule has 0 spiro atoms. The molecule has 0 saturated carbocycles. The van der Waals surface area contributed by atoms with Crippen LogP contribution in [0.2, 0.25) is 0 Å². The van der Waals surface area contributed by atoms with Crippen LogP contribution in [0.5, 0.6) is 0 Å². The number of benzene rings is 1. The second-order valence-corrected chi connectivity index (χ2v) is 7.63. The van der Waals surface area contributed by atoms with Gasteiger partial charge in [0.2, 0.25) is 10.0 Å². The third kappa shape index (κ3) is 3.37. The highest BCUT2D eigenvalue weighted by Gasteiger charge is 2.36. The predicted octanol–water partition coefficient (Wildman–Crippen LogP) is 2.65. The molecule has 0 N–H and O–H groups in total. The van der Waals surface area contributed by atoms with Gasteiger partial charge < -0.3 is 0 Å². The summed E-state index contributed by atoms with van der Waals surface area (Å²) in [5.41, 5.74) is 0.391. The van der Waals surface area contributed by atoms with Gasteiger partial charge in [-0.2, -0.15) is 4.31 Å². The van der Waals surface area contributed by atoms with Crippen LogP contribution in [0.4, 0.5) is 4.39 Å². The summed E-state index contributed by atoms with van der Waals surface area (Å²) in [5, 5.41) is 0. The Morgan fingerprint density at radius 3 is 2.67 bits per heavy atom. The fourth-order valence-electron chi connectivity index (χ4n) is 2.93. The van der Waals surface area contributed by atoms with Crippen molar-refractivity contribution in [2.24, 2.45) is 0 Å². The fourth-order valence-corrected chi connectivity index (χ4v) is 4.59. The molecular weight excluding hydrogens is 331 g/mol. The Balaban J connectivity index is 1.78. The summed E-state index contributed by atoms with van der Waals surface area (Å²) in [5.74, 6) is -0.596. The first-order valence-corrected chi connectivity index (χ1v) is 9.13. The van der Waals surface area contributed by atoms with Gasteiger partial charge in [0.05, 0.1) is 0 Å². The van der Waals surface area contributed by atoms with E-state index in [2.05, 4.69) is 4.98 Å². The van der Waals surface area contributed by atoms with E-state index in [1.54, 1.807) is 6.07 Å². The van der Waals surface area contributed by atoms with E-state index in [9.17, 15) is 17.6 Å². The van der Waals surface area contributed by atoms with Gasteiger partial charge in [0.15, 0.2) is 5.78 Å². The molecule has 24 heavy (non-hydrogen) atoms. The number of hydrogen-bond acceptors (Lipinski definition) is 4. The first-order chi connectivity index (χ1) is 11.5. The minimum atomic E-state index is -3.66. The monoisotopic (exact) mass is 348 g/mol. The van der Waals surface area contributed by atoms with E-state index >= 15 is 0 Å². The van der Waals surface area contributed by atoms with E-state index < -0.39 is 15.8 Å². The molecule has 2 aromatic rings. The molecular formula is C17H17FN2O3S. The number of aromatic nitrogens is 1. The fraction of sp³-hybridized carbons (Fsp3) is 0.294. The van der Waals surface area contributed by atoms with E-state index in [1.807, 2.05) is 0 Å². The topological polar surface area (TPSA) is 67.3 Å². The minimum absolute atomic E-state index is 0.0884. The molecule has 0 unspecified atom stereocenters. The second-order valence-electron chi connectivity index (χ2n) is 5.73. The highest BCUT2D eigenvalue weighted by molar-refractivity contribution is 7.89. The largest absolute Gasteiger partial charge is 0.294 e. The maximum atomic E-state index is 13.0. The standard InChI is InChI=1S/C17H17FN2O3S/c18-14-7-5-13(6-8-14)17(21)11-15-3-2-10-20(15)24(22,23)16-4-1-9-19-12-16/h1,4-9,12,15H,2-3,10-11H2/t15-/m1/s1. The van der Waals surface area contributed by atoms with Crippen molar-refractivity contribution in [2.45, 2.75) is 30.2 Å². The number of pyridine rings is 1. The molecule has 1 saturated heterocycles. The average molecular weight is 348 g/mol. The lowest BCUT2D eigenvalue weighted by Crippen LogP contribution is -2.36. The minimum Gasteiger partial charge on any atom is -0.294 e. The van der Waals surface area contributed by atoms with Crippen LogP contribution in [-0.2, 0) is 10.0 Å². The zero-order valence-electron chi connectivity index (χ0n) is 12.9. The van der Waals surface area contributed by atoms with E-state index in [-0.39, 0.29) is 23.1 Å². The Kier molecular flexibility index (Phi) is 4.73. The van der Waals surface area contributed by atoms with Gasteiger partial charge in [-0.1, -0.05) is 0 Å². The van der Waals surface area contributed by atoms with Crippen molar-refractivity contribution in [1.82, 2.24) is 9.29 Å². The maximum absolute atomic E-state index is 13.0. The van der Waals surface area contributed by atoms with Crippen LogP contribution in [0.25, 0.3) is 0 Å². The Morgan fingerprint density at radius 2 is 2.00 bits per heavy atom. The SMILES string of the molecule is O=C(C[C@H]1CCCN1S(=O)(=O)c1cccnc1)c1ccc(F)cc1. The Bertz CT molecular complexity index is 823. The van der Waals surface area contributed by atoms with Crippen LogP contribution in [0, 0.1) is 5.82 Å². The van der Waals surface area contributed by atoms with Crippen LogP contribution in [0.15, 0.2) is 53.7 Å². The van der Waals surface area contributed by atoms with Gasteiger partial charge in [-0.05, 0) is 49.2 Å². The number of Topliss-reactive ketones (excluding diaryl/α,β-unsaturated/α-hetero) is 1. The normalized spacial score (nSPS) is 18.6. The number of carbonyl (C=O) groups is 1. The molecule has 1 aromatic carbocycles. The van der Waals surface area contributed by atoms with Gasteiger partial charge in [0, 0.05) is 37.0 Å². The highest BCUT2D eigenvalue weighted by atomic mass is 32.2. The molecule has 0 bridgehead atoms. The van der Waals surface area contributed by atoms with Gasteiger partial charge in [-0.25, -0.2) is 12.8 Å². The molecule has 2 heterocycles. The van der Waals surface area contributed by atoms with Crippen molar-refractivity contribution in [1.29, 1.82) is 0 Å². The number of nitrogens with zero attached hydrogens (tertiary/aromatic N) is 2. The first-order valence-electron chi connectivity index (χ1n) is 7.69. The summed E-state index contributed by atoms with van der Waals surface area (Å²) in [7, 11) is -3.66. The molecule has 0 radical (unpaired) electrons. The number of halogens is 1. The summed E-state index contributed by atoms with van der Waals surface area (Å²) in [6.07, 6.45) is 4.25. The Morgan fingerprint density at radius 1 is 1.25 bits per heavy atom. The molecule has 1 aliphatic rings. The molecule has 126 valence electrons. The van der Waals surface area contributed by atoms with Gasteiger partial charge in [-0.15, -0.1) is 0 Å². The average Bonchev–Trinajstić information content (AvgIpc) is 3.05. The highest BCUT2D eigenvalue weighted by Crippen LogP contribution is 2.28. The number of rotatable bonds is 5. The van der Waals surface area contributed by atoms with Crippen molar-refractivity contribution in [3.05, 3.63) is 60.2 Å². The van der Waals surface area contributed by atoms with Crippen LogP contribution < -0.4 is 0 Å². The van der Waals surface area contributed by atoms with E-state index in [0.717, 1.165) is 0 Å². The van der Waals surface area contributed by atoms with Crippen LogP contribution in [-0.4, -0.2) is 36.1 Å². The van der Waals surface area contributed by atoms with Crippen LogP contribution in [0.3, 0.4) is 0 Å². The summed E-state index contributed by atoms with van der Waals surface area (Å²) in [6.45, 7) is 0.387. The molecule has 1 fully saturated rings. The maximum Gasteiger partial charge on any atom is 0.244 e. The second kappa shape index (κ2) is 6.78. The third-order valence-electron chi connectivity index (χ3n) is 4.15. The van der Waals surface area contributed by atoms with Crippen molar-refractivity contribution >= 4 is 15.8 Å². The van der Waals surface area contributed by atoms with Gasteiger partial charge in [-0.3, -0.25) is 9.78 Å². The molecule has 7 heteroatoms. The summed E-state index contributed by atoms with van der Waals surface area (Å²) < 4.78 is 39.8. The van der Waals surface area contributed by atoms with E-state index in [1.165, 1.54) is 47.0 Å². The van der Waals surface area contributed by atoms with Crippen molar-refractivity contribution in [2.75, 3.05) is 6.54 Å². The van der Waals surface area contributed by atoms with Gasteiger partial charge >= 0.3 is 0 Å². The molecule has 1 atom stereocenters. The first kappa shape index (κ1) is 16.7. The van der Waals surface area contributed by atoms with Crippen molar-refractivity contribution in [3.8, 4) is 0 Å². The summed E-state index contributed by atoms with van der Waals surface area (Å²) >= 11 is 0. The van der Waals surface area contributed by atoms with Crippen LogP contribution >= 0.6 is 0 Å². The number of carbonyl (C=O) groups excluding carboxylic acids is 1. The smallest absolute Gasteiger partial charge is 0.244 e. The van der Waals surface area contributed by atoms with Crippen molar-refractivity contribution < 1.29 is 17.6 Å². The van der Waals surface area contributed by atoms with E-state index in [0.29, 0.717) is 24.9 Å². The van der Waals surface area contributed by atoms with Gasteiger partial charge in [0.25, 0.3) is 0 Å². The van der Waals surface area contributed by atoms with E-state index in [4.69, 9.17) is 0 Å². The summed E-state index contributed by atoms with van der Waals surface area (Å²) in [6, 6.07) is 7.99. The quantitative estimate of drug-likeness (QED) is 0.779. The number of hydrogen-bond donors (Lipinski definition) is 0.